The van der Waals surface area contributed by atoms with E-state index in [1.807, 2.05) is 6.07 Å². The summed E-state index contributed by atoms with van der Waals surface area (Å²) in [5.74, 6) is 0. The molecule has 1 aromatic heterocycles. The van der Waals surface area contributed by atoms with Gasteiger partial charge >= 0.3 is 0 Å². The normalized spacial score (nSPS) is 16.2. The second kappa shape index (κ2) is 3.77. The summed E-state index contributed by atoms with van der Waals surface area (Å²) in [6, 6.07) is 5.61. The van der Waals surface area contributed by atoms with Gasteiger partial charge in [0.1, 0.15) is 0 Å². The van der Waals surface area contributed by atoms with Crippen molar-refractivity contribution >= 4 is 11.8 Å². The summed E-state index contributed by atoms with van der Waals surface area (Å²) in [4.78, 5) is 4.17. The van der Waals surface area contributed by atoms with Crippen molar-refractivity contribution in [2.24, 2.45) is 0 Å². The minimum Gasteiger partial charge on any atom is -0.379 e. The molecule has 0 radical (unpaired) electrons. The van der Waals surface area contributed by atoms with Gasteiger partial charge in [-0.2, -0.15) is 5.26 Å². The van der Waals surface area contributed by atoms with Gasteiger partial charge in [-0.3, -0.25) is 0 Å². The number of ether oxygens (including phenoxy) is 1. The Morgan fingerprint density at radius 3 is 3.08 bits per heavy atom. The zero-order valence-corrected chi connectivity index (χ0v) is 7.75. The van der Waals surface area contributed by atoms with Gasteiger partial charge in [-0.05, 0) is 12.1 Å². The van der Waals surface area contributed by atoms with E-state index in [0.29, 0.717) is 10.8 Å². The van der Waals surface area contributed by atoms with Gasteiger partial charge in [-0.25, -0.2) is 4.98 Å². The smallest absolute Gasteiger partial charge is 0.0993 e. The third-order valence-corrected chi connectivity index (χ3v) is 2.83. The van der Waals surface area contributed by atoms with E-state index in [9.17, 15) is 0 Å². The van der Waals surface area contributed by atoms with Crippen LogP contribution in [-0.4, -0.2) is 23.4 Å². The van der Waals surface area contributed by atoms with Gasteiger partial charge in [0.25, 0.3) is 0 Å². The van der Waals surface area contributed by atoms with Crippen molar-refractivity contribution in [3.8, 4) is 6.07 Å². The number of rotatable bonds is 2. The van der Waals surface area contributed by atoms with Crippen molar-refractivity contribution in [2.45, 2.75) is 10.3 Å². The van der Waals surface area contributed by atoms with Crippen LogP contribution in [0.5, 0.6) is 0 Å². The Morgan fingerprint density at radius 2 is 2.46 bits per heavy atom. The zero-order valence-electron chi connectivity index (χ0n) is 6.93. The highest BCUT2D eigenvalue weighted by Crippen LogP contribution is 2.26. The Balaban J connectivity index is 2.07. The first-order valence-corrected chi connectivity index (χ1v) is 4.87. The second-order valence-electron chi connectivity index (χ2n) is 2.77. The first kappa shape index (κ1) is 8.54. The van der Waals surface area contributed by atoms with Crippen LogP contribution in [0.4, 0.5) is 0 Å². The third-order valence-electron chi connectivity index (χ3n) is 1.76. The van der Waals surface area contributed by atoms with Crippen LogP contribution in [0.3, 0.4) is 0 Å². The quantitative estimate of drug-likeness (QED) is 0.711. The molecule has 1 aromatic rings. The van der Waals surface area contributed by atoms with Crippen molar-refractivity contribution in [1.82, 2.24) is 4.98 Å². The molecule has 0 unspecified atom stereocenters. The first-order valence-electron chi connectivity index (χ1n) is 3.99. The second-order valence-corrected chi connectivity index (χ2v) is 4.09. The van der Waals surface area contributed by atoms with E-state index in [4.69, 9.17) is 10.00 Å². The van der Waals surface area contributed by atoms with Crippen LogP contribution >= 0.6 is 11.8 Å². The summed E-state index contributed by atoms with van der Waals surface area (Å²) in [5, 5.41) is 10.1. The van der Waals surface area contributed by atoms with Crippen LogP contribution < -0.4 is 0 Å². The largest absolute Gasteiger partial charge is 0.379 e. The molecule has 3 nitrogen and oxygen atoms in total. The van der Waals surface area contributed by atoms with Crippen LogP contribution in [0.2, 0.25) is 0 Å². The molecule has 0 saturated carbocycles. The molecule has 2 heterocycles. The molecule has 0 atom stereocenters. The summed E-state index contributed by atoms with van der Waals surface area (Å²) in [7, 11) is 0. The molecule has 4 heteroatoms. The molecule has 0 bridgehead atoms. The predicted octanol–water partition coefficient (Wildman–Crippen LogP) is 1.44. The zero-order chi connectivity index (χ0) is 9.10. The average molecular weight is 192 g/mol. The van der Waals surface area contributed by atoms with Gasteiger partial charge in [0.2, 0.25) is 0 Å². The molecule has 0 aliphatic carbocycles. The molecule has 0 aromatic carbocycles. The summed E-state index contributed by atoms with van der Waals surface area (Å²) < 4.78 is 5.05. The lowest BCUT2D eigenvalue weighted by Crippen LogP contribution is -2.30. The Labute approximate surface area is 80.7 Å². The number of hydrogen-bond donors (Lipinski definition) is 0. The van der Waals surface area contributed by atoms with Crippen molar-refractivity contribution in [2.75, 3.05) is 13.2 Å². The van der Waals surface area contributed by atoms with E-state index in [1.54, 1.807) is 24.0 Å². The molecule has 1 aliphatic rings. The van der Waals surface area contributed by atoms with E-state index in [-0.39, 0.29) is 0 Å². The SMILES string of the molecule is N#Cc1ccnc(SC2COC2)c1. The van der Waals surface area contributed by atoms with E-state index in [2.05, 4.69) is 11.1 Å². The van der Waals surface area contributed by atoms with Crippen LogP contribution in [0.25, 0.3) is 0 Å². The molecular weight excluding hydrogens is 184 g/mol. The fraction of sp³-hybridized carbons (Fsp3) is 0.333. The summed E-state index contributed by atoms with van der Waals surface area (Å²) >= 11 is 1.67. The fourth-order valence-electron chi connectivity index (χ4n) is 0.996. The highest BCUT2D eigenvalue weighted by Gasteiger charge is 2.19. The maximum atomic E-state index is 8.66. The van der Waals surface area contributed by atoms with Gasteiger partial charge in [-0.1, -0.05) is 11.8 Å². The van der Waals surface area contributed by atoms with Gasteiger partial charge in [0.05, 0.1) is 35.1 Å². The van der Waals surface area contributed by atoms with Gasteiger partial charge in [0, 0.05) is 6.20 Å². The molecule has 1 saturated heterocycles. The first-order chi connectivity index (χ1) is 6.38. The molecule has 2 rings (SSSR count). The number of thioether (sulfide) groups is 1. The predicted molar refractivity (Wildman–Crippen MR) is 49.4 cm³/mol. The number of nitriles is 1. The maximum absolute atomic E-state index is 8.66. The molecule has 1 fully saturated rings. The van der Waals surface area contributed by atoms with Crippen LogP contribution in [0.1, 0.15) is 5.56 Å². The molecular formula is C9H8N2OS. The van der Waals surface area contributed by atoms with E-state index in [0.717, 1.165) is 18.2 Å². The van der Waals surface area contributed by atoms with Crippen molar-refractivity contribution in [3.05, 3.63) is 23.9 Å². The molecule has 13 heavy (non-hydrogen) atoms. The van der Waals surface area contributed by atoms with Crippen molar-refractivity contribution < 1.29 is 4.74 Å². The fourth-order valence-corrected chi connectivity index (χ4v) is 1.98. The van der Waals surface area contributed by atoms with Crippen LogP contribution in [0, 0.1) is 11.3 Å². The standard InChI is InChI=1S/C9H8N2OS/c10-4-7-1-2-11-9(3-7)13-8-5-12-6-8/h1-3,8H,5-6H2. The Kier molecular flexibility index (Phi) is 2.48. The minimum absolute atomic E-state index is 0.515. The molecule has 0 spiro atoms. The van der Waals surface area contributed by atoms with Gasteiger partial charge in [-0.15, -0.1) is 0 Å². The van der Waals surface area contributed by atoms with Crippen LogP contribution in [-0.2, 0) is 4.74 Å². The highest BCUT2D eigenvalue weighted by molar-refractivity contribution is 8.00. The van der Waals surface area contributed by atoms with Crippen LogP contribution in [0.15, 0.2) is 23.4 Å². The number of aromatic nitrogens is 1. The lowest BCUT2D eigenvalue weighted by atomic mass is 10.3. The summed E-state index contributed by atoms with van der Waals surface area (Å²) in [6.07, 6.45) is 1.67. The molecule has 0 amide bonds. The maximum Gasteiger partial charge on any atom is 0.0993 e. The molecule has 0 N–H and O–H groups in total. The molecule has 66 valence electrons. The number of nitrogens with zero attached hydrogens (tertiary/aromatic N) is 2. The average Bonchev–Trinajstić information content (AvgIpc) is 2.12. The lowest BCUT2D eigenvalue weighted by molar-refractivity contribution is 0.0454. The summed E-state index contributed by atoms with van der Waals surface area (Å²) in [5.41, 5.74) is 0.665. The summed E-state index contributed by atoms with van der Waals surface area (Å²) in [6.45, 7) is 1.59. The molecule has 1 aliphatic heterocycles. The Bertz CT molecular complexity index is 344. The minimum atomic E-state index is 0.515. The Hall–Kier alpha value is -1.05. The van der Waals surface area contributed by atoms with Gasteiger partial charge in [0.15, 0.2) is 0 Å². The monoisotopic (exact) mass is 192 g/mol. The van der Waals surface area contributed by atoms with Crippen molar-refractivity contribution in [3.63, 3.8) is 0 Å². The Morgan fingerprint density at radius 1 is 1.62 bits per heavy atom. The third kappa shape index (κ3) is 2.00. The highest BCUT2D eigenvalue weighted by atomic mass is 32.2. The van der Waals surface area contributed by atoms with E-state index < -0.39 is 0 Å². The number of hydrogen-bond acceptors (Lipinski definition) is 4. The lowest BCUT2D eigenvalue weighted by Gasteiger charge is -2.24. The van der Waals surface area contributed by atoms with Gasteiger partial charge < -0.3 is 4.74 Å². The topological polar surface area (TPSA) is 45.9 Å². The van der Waals surface area contributed by atoms with Crippen molar-refractivity contribution in [1.29, 1.82) is 5.26 Å². The number of pyridine rings is 1. The van der Waals surface area contributed by atoms with E-state index in [1.165, 1.54) is 0 Å². The van der Waals surface area contributed by atoms with E-state index >= 15 is 0 Å².